The minimum atomic E-state index is 0.426. The fourth-order valence-electron chi connectivity index (χ4n) is 2.14. The summed E-state index contributed by atoms with van der Waals surface area (Å²) in [4.78, 5) is 0. The van der Waals surface area contributed by atoms with Crippen molar-refractivity contribution < 1.29 is 14.2 Å². The monoisotopic (exact) mass is 273 g/mol. The lowest BCUT2D eigenvalue weighted by molar-refractivity contribution is 0.395. The number of rotatable bonds is 5. The molecule has 0 unspecified atom stereocenters. The molecule has 0 spiro atoms. The van der Waals surface area contributed by atoms with E-state index in [1.54, 1.807) is 21.3 Å². The average Bonchev–Trinajstić information content (AvgIpc) is 2.53. The van der Waals surface area contributed by atoms with Gasteiger partial charge in [-0.1, -0.05) is 6.07 Å². The molecule has 0 saturated heterocycles. The van der Waals surface area contributed by atoms with Gasteiger partial charge in [-0.05, 0) is 29.8 Å². The first-order chi connectivity index (χ1) is 9.73. The molecule has 0 aliphatic rings. The topological polar surface area (TPSA) is 53.7 Å². The van der Waals surface area contributed by atoms with Crippen LogP contribution in [0.25, 0.3) is 11.1 Å². The number of nitrogens with two attached hydrogens (primary N) is 1. The standard InChI is InChI=1S/C16H19NO3/c1-18-13-5-6-14(16(9-13)20-3)11-4-7-15(19-2)12(8-11)10-17/h4-9H,10,17H2,1-3H3. The molecule has 106 valence electrons. The van der Waals surface area contributed by atoms with Crippen molar-refractivity contribution in [1.29, 1.82) is 0 Å². The van der Waals surface area contributed by atoms with Gasteiger partial charge < -0.3 is 19.9 Å². The molecule has 0 heterocycles. The first-order valence-corrected chi connectivity index (χ1v) is 6.32. The third-order valence-corrected chi connectivity index (χ3v) is 3.22. The van der Waals surface area contributed by atoms with E-state index in [0.29, 0.717) is 6.54 Å². The van der Waals surface area contributed by atoms with E-state index in [1.165, 1.54) is 0 Å². The van der Waals surface area contributed by atoms with Gasteiger partial charge >= 0.3 is 0 Å². The van der Waals surface area contributed by atoms with Crippen molar-refractivity contribution in [2.24, 2.45) is 5.73 Å². The molecule has 2 rings (SSSR count). The van der Waals surface area contributed by atoms with Crippen molar-refractivity contribution in [3.63, 3.8) is 0 Å². The fourth-order valence-corrected chi connectivity index (χ4v) is 2.14. The molecule has 0 atom stereocenters. The molecular formula is C16H19NO3. The molecule has 0 bridgehead atoms. The lowest BCUT2D eigenvalue weighted by Gasteiger charge is -2.13. The van der Waals surface area contributed by atoms with Crippen molar-refractivity contribution in [3.05, 3.63) is 42.0 Å². The SMILES string of the molecule is COc1ccc(-c2ccc(OC)c(CN)c2)c(OC)c1. The van der Waals surface area contributed by atoms with Gasteiger partial charge in [-0.15, -0.1) is 0 Å². The highest BCUT2D eigenvalue weighted by atomic mass is 16.5. The molecule has 0 saturated carbocycles. The predicted molar refractivity (Wildman–Crippen MR) is 79.4 cm³/mol. The number of benzene rings is 2. The second kappa shape index (κ2) is 6.30. The summed E-state index contributed by atoms with van der Waals surface area (Å²) in [7, 11) is 4.92. The highest BCUT2D eigenvalue weighted by Crippen LogP contribution is 2.35. The van der Waals surface area contributed by atoms with Crippen LogP contribution in [0.15, 0.2) is 36.4 Å². The molecule has 0 aliphatic carbocycles. The van der Waals surface area contributed by atoms with Crippen LogP contribution in [-0.2, 0) is 6.54 Å². The van der Waals surface area contributed by atoms with Crippen molar-refractivity contribution in [2.45, 2.75) is 6.54 Å². The van der Waals surface area contributed by atoms with Gasteiger partial charge in [0.2, 0.25) is 0 Å². The summed E-state index contributed by atoms with van der Waals surface area (Å²) in [6, 6.07) is 11.7. The second-order valence-corrected chi connectivity index (χ2v) is 4.30. The Kier molecular flexibility index (Phi) is 4.48. The summed E-state index contributed by atoms with van der Waals surface area (Å²) in [6.45, 7) is 0.426. The Balaban J connectivity index is 2.50. The van der Waals surface area contributed by atoms with Gasteiger partial charge in [0.15, 0.2) is 0 Å². The minimum Gasteiger partial charge on any atom is -0.497 e. The van der Waals surface area contributed by atoms with E-state index < -0.39 is 0 Å². The second-order valence-electron chi connectivity index (χ2n) is 4.30. The largest absolute Gasteiger partial charge is 0.497 e. The van der Waals surface area contributed by atoms with E-state index in [-0.39, 0.29) is 0 Å². The first-order valence-electron chi connectivity index (χ1n) is 6.32. The maximum atomic E-state index is 5.76. The lowest BCUT2D eigenvalue weighted by Crippen LogP contribution is -2.00. The van der Waals surface area contributed by atoms with Crippen LogP contribution >= 0.6 is 0 Å². The molecule has 0 aliphatic heterocycles. The maximum absolute atomic E-state index is 5.76. The summed E-state index contributed by atoms with van der Waals surface area (Å²) < 4.78 is 15.9. The van der Waals surface area contributed by atoms with Crippen molar-refractivity contribution in [3.8, 4) is 28.4 Å². The first kappa shape index (κ1) is 14.2. The van der Waals surface area contributed by atoms with Gasteiger partial charge in [0.1, 0.15) is 17.2 Å². The van der Waals surface area contributed by atoms with Crippen LogP contribution in [-0.4, -0.2) is 21.3 Å². The van der Waals surface area contributed by atoms with E-state index in [0.717, 1.165) is 33.9 Å². The molecule has 2 N–H and O–H groups in total. The smallest absolute Gasteiger partial charge is 0.130 e. The number of hydrogen-bond acceptors (Lipinski definition) is 4. The third kappa shape index (κ3) is 2.70. The zero-order valence-corrected chi connectivity index (χ0v) is 12.0. The van der Waals surface area contributed by atoms with Crippen molar-refractivity contribution in [2.75, 3.05) is 21.3 Å². The van der Waals surface area contributed by atoms with Crippen LogP contribution in [0.5, 0.6) is 17.2 Å². The minimum absolute atomic E-state index is 0.426. The van der Waals surface area contributed by atoms with Crippen molar-refractivity contribution in [1.82, 2.24) is 0 Å². The van der Waals surface area contributed by atoms with Crippen LogP contribution in [0, 0.1) is 0 Å². The van der Waals surface area contributed by atoms with Gasteiger partial charge in [0.05, 0.1) is 21.3 Å². The van der Waals surface area contributed by atoms with Crippen LogP contribution in [0.4, 0.5) is 0 Å². The molecule has 0 fully saturated rings. The molecule has 2 aromatic carbocycles. The summed E-state index contributed by atoms with van der Waals surface area (Å²) in [6.07, 6.45) is 0. The number of ether oxygens (including phenoxy) is 3. The van der Waals surface area contributed by atoms with E-state index in [9.17, 15) is 0 Å². The Labute approximate surface area is 119 Å². The molecule has 2 aromatic rings. The summed E-state index contributed by atoms with van der Waals surface area (Å²) in [5.74, 6) is 2.32. The molecule has 4 heteroatoms. The zero-order valence-electron chi connectivity index (χ0n) is 12.0. The Morgan fingerprint density at radius 2 is 1.60 bits per heavy atom. The Hall–Kier alpha value is -2.20. The molecule has 0 aromatic heterocycles. The number of hydrogen-bond donors (Lipinski definition) is 1. The highest BCUT2D eigenvalue weighted by Gasteiger charge is 2.10. The average molecular weight is 273 g/mol. The molecule has 20 heavy (non-hydrogen) atoms. The maximum Gasteiger partial charge on any atom is 0.130 e. The summed E-state index contributed by atoms with van der Waals surface area (Å²) in [5.41, 5.74) is 8.74. The summed E-state index contributed by atoms with van der Waals surface area (Å²) >= 11 is 0. The van der Waals surface area contributed by atoms with Gasteiger partial charge in [-0.3, -0.25) is 0 Å². The van der Waals surface area contributed by atoms with Crippen LogP contribution in [0.2, 0.25) is 0 Å². The zero-order chi connectivity index (χ0) is 14.5. The summed E-state index contributed by atoms with van der Waals surface area (Å²) in [5, 5.41) is 0. The third-order valence-electron chi connectivity index (χ3n) is 3.22. The van der Waals surface area contributed by atoms with Gasteiger partial charge in [0, 0.05) is 23.7 Å². The lowest BCUT2D eigenvalue weighted by atomic mass is 10.0. The van der Waals surface area contributed by atoms with E-state index >= 15 is 0 Å². The molecule has 4 nitrogen and oxygen atoms in total. The van der Waals surface area contributed by atoms with E-state index in [2.05, 4.69) is 0 Å². The number of methoxy groups -OCH3 is 3. The van der Waals surface area contributed by atoms with Gasteiger partial charge in [0.25, 0.3) is 0 Å². The van der Waals surface area contributed by atoms with Crippen LogP contribution < -0.4 is 19.9 Å². The fraction of sp³-hybridized carbons (Fsp3) is 0.250. The Bertz CT molecular complexity index is 596. The van der Waals surface area contributed by atoms with Gasteiger partial charge in [-0.25, -0.2) is 0 Å². The molecule has 0 radical (unpaired) electrons. The quantitative estimate of drug-likeness (QED) is 0.910. The van der Waals surface area contributed by atoms with Crippen LogP contribution in [0.3, 0.4) is 0 Å². The molecular weight excluding hydrogens is 254 g/mol. The Morgan fingerprint density at radius 3 is 2.20 bits per heavy atom. The van der Waals surface area contributed by atoms with E-state index in [4.69, 9.17) is 19.9 Å². The highest BCUT2D eigenvalue weighted by molar-refractivity contribution is 5.73. The van der Waals surface area contributed by atoms with E-state index in [1.807, 2.05) is 36.4 Å². The van der Waals surface area contributed by atoms with Crippen molar-refractivity contribution >= 4 is 0 Å². The van der Waals surface area contributed by atoms with Crippen LogP contribution in [0.1, 0.15) is 5.56 Å². The Morgan fingerprint density at radius 1 is 0.850 bits per heavy atom. The predicted octanol–water partition coefficient (Wildman–Crippen LogP) is 2.84. The molecule has 0 amide bonds. The normalized spacial score (nSPS) is 10.2. The van der Waals surface area contributed by atoms with Gasteiger partial charge in [-0.2, -0.15) is 0 Å².